The van der Waals surface area contributed by atoms with Crippen molar-refractivity contribution in [2.75, 3.05) is 5.75 Å². The number of aryl methyl sites for hydroxylation is 1. The van der Waals surface area contributed by atoms with Gasteiger partial charge in [-0.25, -0.2) is 8.42 Å². The molecule has 1 aromatic carbocycles. The predicted octanol–water partition coefficient (Wildman–Crippen LogP) is 2.48. The van der Waals surface area contributed by atoms with E-state index in [4.69, 9.17) is 0 Å². The fraction of sp³-hybridized carbons (Fsp3) is 0.600. The Morgan fingerprint density at radius 3 is 2.42 bits per heavy atom. The van der Waals surface area contributed by atoms with E-state index in [2.05, 4.69) is 43.4 Å². The van der Waals surface area contributed by atoms with E-state index in [1.54, 1.807) is 0 Å². The Bertz CT molecular complexity index is 522. The fourth-order valence-corrected chi connectivity index (χ4v) is 4.29. The summed E-state index contributed by atoms with van der Waals surface area (Å²) in [6.45, 7) is 5.99. The van der Waals surface area contributed by atoms with Gasteiger partial charge in [-0.05, 0) is 37.8 Å². The van der Waals surface area contributed by atoms with Crippen molar-refractivity contribution < 1.29 is 8.42 Å². The number of sulfone groups is 1. The zero-order valence-electron chi connectivity index (χ0n) is 11.9. The van der Waals surface area contributed by atoms with Crippen molar-refractivity contribution in [3.05, 3.63) is 35.4 Å². The Morgan fingerprint density at radius 2 is 1.84 bits per heavy atom. The normalized spacial score (nSPS) is 30.8. The summed E-state index contributed by atoms with van der Waals surface area (Å²) < 4.78 is 24.4. The quantitative estimate of drug-likeness (QED) is 0.906. The van der Waals surface area contributed by atoms with Crippen LogP contribution in [0.4, 0.5) is 0 Å². The molecule has 19 heavy (non-hydrogen) atoms. The Morgan fingerprint density at radius 1 is 1.21 bits per heavy atom. The standard InChI is InChI=1S/C15H23NO2S/c1-4-13-5-7-14(8-6-13)15-12(3)19(17,18)10-9-11(2)16-15/h5-8,11-12,15-16H,4,9-10H2,1-3H3. The highest BCUT2D eigenvalue weighted by molar-refractivity contribution is 7.92. The van der Waals surface area contributed by atoms with Crippen LogP contribution in [-0.2, 0) is 16.3 Å². The van der Waals surface area contributed by atoms with Crippen molar-refractivity contribution in [1.29, 1.82) is 0 Å². The molecule has 1 aromatic rings. The highest BCUT2D eigenvalue weighted by atomic mass is 32.2. The third-order valence-corrected chi connectivity index (χ3v) is 6.29. The van der Waals surface area contributed by atoms with Crippen LogP contribution in [0.1, 0.15) is 44.4 Å². The van der Waals surface area contributed by atoms with Gasteiger partial charge >= 0.3 is 0 Å². The number of benzene rings is 1. The van der Waals surface area contributed by atoms with Gasteiger partial charge in [0.05, 0.1) is 11.0 Å². The summed E-state index contributed by atoms with van der Waals surface area (Å²) in [6.07, 6.45) is 1.69. The first-order valence-corrected chi connectivity index (χ1v) is 8.72. The first-order valence-electron chi connectivity index (χ1n) is 7.00. The Kier molecular flexibility index (Phi) is 4.31. The van der Waals surface area contributed by atoms with Crippen molar-refractivity contribution in [2.45, 2.75) is 50.9 Å². The maximum absolute atomic E-state index is 12.2. The van der Waals surface area contributed by atoms with Gasteiger partial charge in [-0.3, -0.25) is 0 Å². The molecule has 1 N–H and O–H groups in total. The molecule has 1 aliphatic heterocycles. The fourth-order valence-electron chi connectivity index (χ4n) is 2.59. The number of nitrogens with one attached hydrogen (secondary N) is 1. The SMILES string of the molecule is CCc1ccc(C2NC(C)CCS(=O)(=O)C2C)cc1. The second kappa shape index (κ2) is 5.63. The van der Waals surface area contributed by atoms with Gasteiger partial charge in [0.2, 0.25) is 0 Å². The summed E-state index contributed by atoms with van der Waals surface area (Å²) in [4.78, 5) is 0. The van der Waals surface area contributed by atoms with Crippen LogP contribution in [0.15, 0.2) is 24.3 Å². The lowest BCUT2D eigenvalue weighted by Crippen LogP contribution is -2.36. The topological polar surface area (TPSA) is 46.2 Å². The lowest BCUT2D eigenvalue weighted by molar-refractivity contribution is 0.452. The molecular weight excluding hydrogens is 258 g/mol. The molecule has 0 saturated carbocycles. The van der Waals surface area contributed by atoms with Crippen LogP contribution in [-0.4, -0.2) is 25.5 Å². The van der Waals surface area contributed by atoms with Crippen LogP contribution in [0, 0.1) is 0 Å². The molecule has 0 bridgehead atoms. The van der Waals surface area contributed by atoms with Crippen LogP contribution < -0.4 is 5.32 Å². The zero-order chi connectivity index (χ0) is 14.0. The van der Waals surface area contributed by atoms with Crippen LogP contribution in [0.3, 0.4) is 0 Å². The molecule has 0 aromatic heterocycles. The van der Waals surface area contributed by atoms with Crippen LogP contribution >= 0.6 is 0 Å². The Labute approximate surface area is 116 Å². The second-order valence-electron chi connectivity index (χ2n) is 5.50. The molecule has 0 aliphatic carbocycles. The highest BCUT2D eigenvalue weighted by Crippen LogP contribution is 2.27. The minimum atomic E-state index is -3.01. The maximum atomic E-state index is 12.2. The average molecular weight is 281 g/mol. The van der Waals surface area contributed by atoms with Gasteiger partial charge in [-0.1, -0.05) is 31.2 Å². The monoisotopic (exact) mass is 281 g/mol. The molecule has 4 heteroatoms. The number of hydrogen-bond donors (Lipinski definition) is 1. The van der Waals surface area contributed by atoms with Crippen LogP contribution in [0.25, 0.3) is 0 Å². The van der Waals surface area contributed by atoms with E-state index in [0.717, 1.165) is 12.0 Å². The minimum Gasteiger partial charge on any atom is -0.306 e. The molecule has 1 heterocycles. The van der Waals surface area contributed by atoms with Gasteiger partial charge in [-0.2, -0.15) is 0 Å². The molecule has 0 radical (unpaired) electrons. The largest absolute Gasteiger partial charge is 0.306 e. The zero-order valence-corrected chi connectivity index (χ0v) is 12.7. The molecule has 3 atom stereocenters. The minimum absolute atomic E-state index is 0.103. The lowest BCUT2D eigenvalue weighted by atomic mass is 10.0. The number of hydrogen-bond acceptors (Lipinski definition) is 3. The molecule has 1 aliphatic rings. The summed E-state index contributed by atoms with van der Waals surface area (Å²) in [5.74, 6) is 0.284. The maximum Gasteiger partial charge on any atom is 0.154 e. The van der Waals surface area contributed by atoms with Gasteiger partial charge in [0.1, 0.15) is 0 Å². The lowest BCUT2D eigenvalue weighted by Gasteiger charge is -2.24. The average Bonchev–Trinajstić information content (AvgIpc) is 2.51. The van der Waals surface area contributed by atoms with Gasteiger partial charge in [0.15, 0.2) is 9.84 Å². The highest BCUT2D eigenvalue weighted by Gasteiger charge is 2.34. The molecule has 0 spiro atoms. The summed E-state index contributed by atoms with van der Waals surface area (Å²) in [7, 11) is -3.01. The van der Waals surface area contributed by atoms with Gasteiger partial charge in [-0.15, -0.1) is 0 Å². The molecule has 1 fully saturated rings. The number of rotatable bonds is 2. The van der Waals surface area contributed by atoms with Crippen molar-refractivity contribution in [3.8, 4) is 0 Å². The van der Waals surface area contributed by atoms with Crippen molar-refractivity contribution in [1.82, 2.24) is 5.32 Å². The Balaban J connectivity index is 2.33. The molecule has 3 nitrogen and oxygen atoms in total. The van der Waals surface area contributed by atoms with E-state index in [0.29, 0.717) is 6.42 Å². The first-order chi connectivity index (χ1) is 8.94. The summed E-state index contributed by atoms with van der Waals surface area (Å²) in [5, 5.41) is 3.09. The van der Waals surface area contributed by atoms with E-state index >= 15 is 0 Å². The molecular formula is C15H23NO2S. The molecule has 0 amide bonds. The summed E-state index contributed by atoms with van der Waals surface area (Å²) in [6, 6.07) is 8.42. The molecule has 106 valence electrons. The van der Waals surface area contributed by atoms with E-state index in [1.165, 1.54) is 5.56 Å². The molecule has 1 saturated heterocycles. The van der Waals surface area contributed by atoms with E-state index < -0.39 is 9.84 Å². The third kappa shape index (κ3) is 3.18. The summed E-state index contributed by atoms with van der Waals surface area (Å²) in [5.41, 5.74) is 2.35. The van der Waals surface area contributed by atoms with Crippen molar-refractivity contribution in [2.24, 2.45) is 0 Å². The van der Waals surface area contributed by atoms with Crippen molar-refractivity contribution >= 4 is 9.84 Å². The Hall–Kier alpha value is -0.870. The second-order valence-corrected chi connectivity index (χ2v) is 7.98. The van der Waals surface area contributed by atoms with Crippen LogP contribution in [0.5, 0.6) is 0 Å². The van der Waals surface area contributed by atoms with E-state index in [1.807, 2.05) is 6.92 Å². The molecule has 3 unspecified atom stereocenters. The van der Waals surface area contributed by atoms with Crippen molar-refractivity contribution in [3.63, 3.8) is 0 Å². The van der Waals surface area contributed by atoms with Gasteiger partial charge in [0.25, 0.3) is 0 Å². The first kappa shape index (κ1) is 14.5. The van der Waals surface area contributed by atoms with Crippen LogP contribution in [0.2, 0.25) is 0 Å². The van der Waals surface area contributed by atoms with Gasteiger partial charge < -0.3 is 5.32 Å². The molecule has 2 rings (SSSR count). The smallest absolute Gasteiger partial charge is 0.154 e. The predicted molar refractivity (Wildman–Crippen MR) is 79.0 cm³/mol. The van der Waals surface area contributed by atoms with E-state index in [9.17, 15) is 8.42 Å². The third-order valence-electron chi connectivity index (χ3n) is 4.08. The summed E-state index contributed by atoms with van der Waals surface area (Å²) >= 11 is 0. The van der Waals surface area contributed by atoms with Gasteiger partial charge in [0, 0.05) is 12.1 Å². The van der Waals surface area contributed by atoms with E-state index in [-0.39, 0.29) is 23.1 Å².